The number of nitrogens with one attached hydrogen (secondary N) is 1. The molecule has 0 atom stereocenters. The molecular formula is C28H33N5O4. The summed E-state index contributed by atoms with van der Waals surface area (Å²) in [5.74, 6) is -0.612. The number of aromatic nitrogens is 2. The van der Waals surface area contributed by atoms with E-state index in [1.807, 2.05) is 60.7 Å². The lowest BCUT2D eigenvalue weighted by atomic mass is 10.2. The molecule has 0 spiro atoms. The monoisotopic (exact) mass is 503 g/mol. The van der Waals surface area contributed by atoms with E-state index in [0.717, 1.165) is 17.5 Å². The first kappa shape index (κ1) is 26.1. The number of amides is 3. The molecule has 9 nitrogen and oxygen atoms in total. The van der Waals surface area contributed by atoms with E-state index in [1.165, 1.54) is 0 Å². The Morgan fingerprint density at radius 3 is 2.41 bits per heavy atom. The van der Waals surface area contributed by atoms with E-state index in [4.69, 9.17) is 4.74 Å². The molecule has 2 aromatic carbocycles. The van der Waals surface area contributed by atoms with E-state index in [0.29, 0.717) is 45.0 Å². The SMILES string of the molecule is COCCN(CCC(=O)NCc1ccccc1)C(=O)c1cc2n(n1)CCCN(Cc1ccccc1)C2=O. The number of ether oxygens (including phenoxy) is 1. The van der Waals surface area contributed by atoms with Gasteiger partial charge in [0.1, 0.15) is 5.69 Å². The first-order valence-electron chi connectivity index (χ1n) is 12.5. The fourth-order valence-electron chi connectivity index (χ4n) is 4.29. The van der Waals surface area contributed by atoms with Gasteiger partial charge in [-0.15, -0.1) is 0 Å². The average Bonchev–Trinajstić information content (AvgIpc) is 3.30. The zero-order valence-electron chi connectivity index (χ0n) is 21.1. The van der Waals surface area contributed by atoms with Gasteiger partial charge in [0.15, 0.2) is 5.69 Å². The van der Waals surface area contributed by atoms with Crippen LogP contribution in [-0.2, 0) is 29.2 Å². The average molecular weight is 504 g/mol. The lowest BCUT2D eigenvalue weighted by Crippen LogP contribution is -2.37. The molecule has 1 N–H and O–H groups in total. The van der Waals surface area contributed by atoms with E-state index >= 15 is 0 Å². The van der Waals surface area contributed by atoms with Crippen molar-refractivity contribution in [3.8, 4) is 0 Å². The van der Waals surface area contributed by atoms with Crippen LogP contribution < -0.4 is 5.32 Å². The lowest BCUT2D eigenvalue weighted by molar-refractivity contribution is -0.121. The smallest absolute Gasteiger partial charge is 0.274 e. The lowest BCUT2D eigenvalue weighted by Gasteiger charge is -2.21. The maximum atomic E-state index is 13.4. The summed E-state index contributed by atoms with van der Waals surface area (Å²) < 4.78 is 6.80. The summed E-state index contributed by atoms with van der Waals surface area (Å²) in [7, 11) is 1.56. The highest BCUT2D eigenvalue weighted by atomic mass is 16.5. The highest BCUT2D eigenvalue weighted by Gasteiger charge is 2.28. The molecule has 1 aliphatic heterocycles. The van der Waals surface area contributed by atoms with Gasteiger partial charge in [0.2, 0.25) is 5.91 Å². The van der Waals surface area contributed by atoms with Gasteiger partial charge in [0, 0.05) is 58.9 Å². The number of hydrogen-bond donors (Lipinski definition) is 1. The first-order chi connectivity index (χ1) is 18.0. The van der Waals surface area contributed by atoms with E-state index in [-0.39, 0.29) is 36.4 Å². The normalized spacial score (nSPS) is 13.1. The molecule has 194 valence electrons. The topological polar surface area (TPSA) is 96.8 Å². The first-order valence-corrected chi connectivity index (χ1v) is 12.5. The summed E-state index contributed by atoms with van der Waals surface area (Å²) in [5.41, 5.74) is 2.67. The van der Waals surface area contributed by atoms with Crippen molar-refractivity contribution in [2.45, 2.75) is 32.5 Å². The highest BCUT2D eigenvalue weighted by Crippen LogP contribution is 2.18. The zero-order valence-corrected chi connectivity index (χ0v) is 21.1. The fourth-order valence-corrected chi connectivity index (χ4v) is 4.29. The Bertz CT molecular complexity index is 1200. The summed E-state index contributed by atoms with van der Waals surface area (Å²) in [4.78, 5) is 42.4. The van der Waals surface area contributed by atoms with Crippen LogP contribution >= 0.6 is 0 Å². The molecule has 0 saturated carbocycles. The highest BCUT2D eigenvalue weighted by molar-refractivity contribution is 5.98. The Morgan fingerprint density at radius 1 is 1.00 bits per heavy atom. The molecule has 0 fully saturated rings. The second kappa shape index (κ2) is 12.8. The van der Waals surface area contributed by atoms with Gasteiger partial charge in [-0.25, -0.2) is 0 Å². The Morgan fingerprint density at radius 2 is 1.70 bits per heavy atom. The molecule has 0 radical (unpaired) electrons. The summed E-state index contributed by atoms with van der Waals surface area (Å²) in [6, 6.07) is 21.1. The van der Waals surface area contributed by atoms with Gasteiger partial charge in [-0.1, -0.05) is 60.7 Å². The summed E-state index contributed by atoms with van der Waals surface area (Å²) in [6.45, 7) is 2.98. The molecule has 1 aliphatic rings. The maximum Gasteiger partial charge on any atom is 0.274 e. The van der Waals surface area contributed by atoms with Gasteiger partial charge in [-0.2, -0.15) is 5.10 Å². The molecule has 0 bridgehead atoms. The Labute approximate surface area is 217 Å². The molecule has 3 aromatic rings. The van der Waals surface area contributed by atoms with Gasteiger partial charge < -0.3 is 19.9 Å². The van der Waals surface area contributed by atoms with Gasteiger partial charge >= 0.3 is 0 Å². The minimum Gasteiger partial charge on any atom is -0.383 e. The Kier molecular flexibility index (Phi) is 9.04. The summed E-state index contributed by atoms with van der Waals surface area (Å²) in [5, 5.41) is 7.36. The fraction of sp³-hybridized carbons (Fsp3) is 0.357. The van der Waals surface area contributed by atoms with Crippen molar-refractivity contribution < 1.29 is 19.1 Å². The van der Waals surface area contributed by atoms with E-state index in [1.54, 1.807) is 27.7 Å². The van der Waals surface area contributed by atoms with E-state index in [2.05, 4.69) is 10.4 Å². The number of benzene rings is 2. The Hall–Kier alpha value is -3.98. The number of carbonyl (C=O) groups excluding carboxylic acids is 3. The second-order valence-electron chi connectivity index (χ2n) is 9.00. The quantitative estimate of drug-likeness (QED) is 0.434. The van der Waals surface area contributed by atoms with Crippen LogP contribution in [0.1, 0.15) is 44.9 Å². The van der Waals surface area contributed by atoms with Crippen LogP contribution in [0.15, 0.2) is 66.7 Å². The zero-order chi connectivity index (χ0) is 26.0. The molecule has 0 aliphatic carbocycles. The third-order valence-corrected chi connectivity index (χ3v) is 6.31. The maximum absolute atomic E-state index is 13.4. The molecule has 1 aromatic heterocycles. The Balaban J connectivity index is 1.41. The van der Waals surface area contributed by atoms with E-state index < -0.39 is 0 Å². The van der Waals surface area contributed by atoms with Gasteiger partial charge in [0.05, 0.1) is 6.61 Å². The van der Waals surface area contributed by atoms with Crippen molar-refractivity contribution in [1.29, 1.82) is 0 Å². The largest absolute Gasteiger partial charge is 0.383 e. The van der Waals surface area contributed by atoms with Crippen LogP contribution in [0.5, 0.6) is 0 Å². The molecule has 37 heavy (non-hydrogen) atoms. The second-order valence-corrected chi connectivity index (χ2v) is 9.00. The molecule has 9 heteroatoms. The number of nitrogens with zero attached hydrogens (tertiary/aromatic N) is 4. The minimum atomic E-state index is -0.323. The number of carbonyl (C=O) groups is 3. The molecule has 2 heterocycles. The van der Waals surface area contributed by atoms with Crippen molar-refractivity contribution in [3.63, 3.8) is 0 Å². The van der Waals surface area contributed by atoms with Crippen molar-refractivity contribution in [2.75, 3.05) is 33.4 Å². The summed E-state index contributed by atoms with van der Waals surface area (Å²) in [6.07, 6.45) is 0.898. The number of hydrogen-bond acceptors (Lipinski definition) is 5. The van der Waals surface area contributed by atoms with Crippen molar-refractivity contribution >= 4 is 17.7 Å². The number of methoxy groups -OCH3 is 1. The standard InChI is InChI=1S/C28H33N5O4/c1-37-18-17-31(16-13-26(34)29-20-22-9-4-2-5-10-22)27(35)24-19-25-28(36)32(14-8-15-33(25)30-24)21-23-11-6-3-7-12-23/h2-7,9-12,19H,8,13-18,20-21H2,1H3,(H,29,34). The predicted octanol–water partition coefficient (Wildman–Crippen LogP) is 2.72. The number of rotatable bonds is 11. The number of fused-ring (bicyclic) bond motifs is 1. The van der Waals surface area contributed by atoms with Crippen LogP contribution in [-0.4, -0.2) is 70.7 Å². The van der Waals surface area contributed by atoms with Crippen LogP contribution in [0, 0.1) is 0 Å². The molecule has 3 amide bonds. The van der Waals surface area contributed by atoms with Crippen LogP contribution in [0.25, 0.3) is 0 Å². The summed E-state index contributed by atoms with van der Waals surface area (Å²) >= 11 is 0. The number of aryl methyl sites for hydroxylation is 1. The van der Waals surface area contributed by atoms with Crippen molar-refractivity contribution in [2.24, 2.45) is 0 Å². The van der Waals surface area contributed by atoms with Gasteiger partial charge in [-0.05, 0) is 17.5 Å². The van der Waals surface area contributed by atoms with Gasteiger partial charge in [-0.3, -0.25) is 19.1 Å². The van der Waals surface area contributed by atoms with Crippen molar-refractivity contribution in [3.05, 3.63) is 89.2 Å². The predicted molar refractivity (Wildman–Crippen MR) is 139 cm³/mol. The minimum absolute atomic E-state index is 0.142. The van der Waals surface area contributed by atoms with Crippen LogP contribution in [0.4, 0.5) is 0 Å². The molecule has 0 unspecified atom stereocenters. The van der Waals surface area contributed by atoms with Crippen LogP contribution in [0.3, 0.4) is 0 Å². The third kappa shape index (κ3) is 7.04. The van der Waals surface area contributed by atoms with Crippen molar-refractivity contribution in [1.82, 2.24) is 24.9 Å². The molecular weight excluding hydrogens is 470 g/mol. The van der Waals surface area contributed by atoms with Gasteiger partial charge in [0.25, 0.3) is 11.8 Å². The third-order valence-electron chi connectivity index (χ3n) is 6.31. The van der Waals surface area contributed by atoms with Crippen LogP contribution in [0.2, 0.25) is 0 Å². The molecule has 4 rings (SSSR count). The van der Waals surface area contributed by atoms with E-state index in [9.17, 15) is 14.4 Å². The molecule has 0 saturated heterocycles.